The van der Waals surface area contributed by atoms with Gasteiger partial charge in [0.05, 0.1) is 12.7 Å². The zero-order chi connectivity index (χ0) is 14.0. The Morgan fingerprint density at radius 2 is 2.21 bits per heavy atom. The van der Waals surface area contributed by atoms with Crippen LogP contribution in [-0.2, 0) is 12.1 Å². The van der Waals surface area contributed by atoms with Gasteiger partial charge in [0.1, 0.15) is 17.4 Å². The van der Waals surface area contributed by atoms with Crippen molar-refractivity contribution in [3.63, 3.8) is 0 Å². The van der Waals surface area contributed by atoms with Gasteiger partial charge in [0.2, 0.25) is 0 Å². The molecule has 0 aliphatic heterocycles. The van der Waals surface area contributed by atoms with Crippen LogP contribution in [0.1, 0.15) is 25.2 Å². The molecule has 102 valence electrons. The molecule has 2 rings (SSSR count). The minimum Gasteiger partial charge on any atom is -0.496 e. The van der Waals surface area contributed by atoms with Gasteiger partial charge in [-0.2, -0.15) is 0 Å². The number of aliphatic hydroxyl groups is 1. The fourth-order valence-corrected chi connectivity index (χ4v) is 2.25. The maximum absolute atomic E-state index is 14.1. The monoisotopic (exact) mass is 264 g/mol. The van der Waals surface area contributed by atoms with Crippen molar-refractivity contribution < 1.29 is 14.2 Å². The molecule has 0 amide bonds. The summed E-state index contributed by atoms with van der Waals surface area (Å²) in [5.41, 5.74) is -1.46. The van der Waals surface area contributed by atoms with Gasteiger partial charge in [-0.1, -0.05) is 6.07 Å². The van der Waals surface area contributed by atoms with E-state index in [9.17, 15) is 9.50 Å². The van der Waals surface area contributed by atoms with Crippen molar-refractivity contribution in [2.24, 2.45) is 0 Å². The SMILES string of the molecule is CCn1ccnc1C(C)(O)c1c(F)cccc1OC. The fraction of sp³-hybridized carbons (Fsp3) is 0.357. The summed E-state index contributed by atoms with van der Waals surface area (Å²) in [6.45, 7) is 4.09. The number of hydrogen-bond acceptors (Lipinski definition) is 3. The number of aromatic nitrogens is 2. The third-order valence-corrected chi connectivity index (χ3v) is 3.17. The Bertz CT molecular complexity index is 579. The molecule has 1 heterocycles. The van der Waals surface area contributed by atoms with Gasteiger partial charge in [0, 0.05) is 18.9 Å². The number of methoxy groups -OCH3 is 1. The Kier molecular flexibility index (Phi) is 3.57. The topological polar surface area (TPSA) is 47.3 Å². The molecule has 1 aromatic carbocycles. The summed E-state index contributed by atoms with van der Waals surface area (Å²) in [5.74, 6) is 0.170. The van der Waals surface area contributed by atoms with Crippen molar-refractivity contribution in [1.29, 1.82) is 0 Å². The molecule has 1 atom stereocenters. The van der Waals surface area contributed by atoms with E-state index in [1.54, 1.807) is 29.1 Å². The van der Waals surface area contributed by atoms with Crippen LogP contribution < -0.4 is 4.74 Å². The van der Waals surface area contributed by atoms with Crippen LogP contribution in [-0.4, -0.2) is 21.8 Å². The third-order valence-electron chi connectivity index (χ3n) is 3.17. The minimum absolute atomic E-state index is 0.0957. The molecule has 0 saturated carbocycles. The molecular formula is C14H17FN2O2. The molecule has 19 heavy (non-hydrogen) atoms. The summed E-state index contributed by atoms with van der Waals surface area (Å²) in [4.78, 5) is 4.14. The van der Waals surface area contributed by atoms with E-state index in [1.807, 2.05) is 6.92 Å². The highest BCUT2D eigenvalue weighted by Gasteiger charge is 2.35. The van der Waals surface area contributed by atoms with Crippen molar-refractivity contribution in [3.8, 4) is 5.75 Å². The van der Waals surface area contributed by atoms with E-state index in [2.05, 4.69) is 4.98 Å². The standard InChI is InChI=1S/C14H17FN2O2/c1-4-17-9-8-16-13(17)14(2,18)12-10(15)6-5-7-11(12)19-3/h5-9,18H,4H2,1-3H3. The number of hydrogen-bond donors (Lipinski definition) is 1. The van der Waals surface area contributed by atoms with Gasteiger partial charge in [-0.05, 0) is 26.0 Å². The first-order valence-corrected chi connectivity index (χ1v) is 6.09. The lowest BCUT2D eigenvalue weighted by atomic mass is 9.93. The van der Waals surface area contributed by atoms with E-state index >= 15 is 0 Å². The maximum Gasteiger partial charge on any atom is 0.151 e. The smallest absolute Gasteiger partial charge is 0.151 e. The molecule has 0 fully saturated rings. The molecule has 0 bridgehead atoms. The molecule has 1 aromatic heterocycles. The molecule has 0 spiro atoms. The Morgan fingerprint density at radius 3 is 2.84 bits per heavy atom. The van der Waals surface area contributed by atoms with Crippen LogP contribution in [0.3, 0.4) is 0 Å². The van der Waals surface area contributed by atoms with Crippen LogP contribution in [0, 0.1) is 5.82 Å². The first-order chi connectivity index (χ1) is 9.02. The predicted octanol–water partition coefficient (Wildman–Crippen LogP) is 2.31. The summed E-state index contributed by atoms with van der Waals surface area (Å²) in [7, 11) is 1.45. The summed E-state index contributed by atoms with van der Waals surface area (Å²) in [6.07, 6.45) is 3.33. The average Bonchev–Trinajstić information content (AvgIpc) is 2.87. The van der Waals surface area contributed by atoms with E-state index in [0.29, 0.717) is 18.1 Å². The van der Waals surface area contributed by atoms with Crippen molar-refractivity contribution in [2.75, 3.05) is 7.11 Å². The number of aryl methyl sites for hydroxylation is 1. The van der Waals surface area contributed by atoms with Crippen LogP contribution in [0.4, 0.5) is 4.39 Å². The first-order valence-electron chi connectivity index (χ1n) is 6.09. The van der Waals surface area contributed by atoms with Crippen molar-refractivity contribution in [3.05, 3.63) is 47.8 Å². The van der Waals surface area contributed by atoms with Crippen LogP contribution in [0.25, 0.3) is 0 Å². The van der Waals surface area contributed by atoms with Crippen LogP contribution in [0.5, 0.6) is 5.75 Å². The normalized spacial score (nSPS) is 14.2. The summed E-state index contributed by atoms with van der Waals surface area (Å²) >= 11 is 0. The summed E-state index contributed by atoms with van der Waals surface area (Å²) in [5, 5.41) is 10.7. The fourth-order valence-electron chi connectivity index (χ4n) is 2.25. The van der Waals surface area contributed by atoms with Crippen LogP contribution in [0.2, 0.25) is 0 Å². The van der Waals surface area contributed by atoms with E-state index in [1.165, 1.54) is 20.1 Å². The lowest BCUT2D eigenvalue weighted by Crippen LogP contribution is -2.29. The second-order valence-electron chi connectivity index (χ2n) is 4.43. The van der Waals surface area contributed by atoms with Gasteiger partial charge in [0.15, 0.2) is 5.60 Å². The Labute approximate surface area is 111 Å². The molecule has 0 aliphatic carbocycles. The van der Waals surface area contributed by atoms with E-state index < -0.39 is 11.4 Å². The number of halogens is 1. The quantitative estimate of drug-likeness (QED) is 0.921. The number of nitrogens with zero attached hydrogens (tertiary/aromatic N) is 2. The summed E-state index contributed by atoms with van der Waals surface area (Å²) in [6, 6.07) is 4.46. The molecule has 0 aliphatic rings. The van der Waals surface area contributed by atoms with E-state index in [0.717, 1.165) is 0 Å². The Morgan fingerprint density at radius 1 is 1.47 bits per heavy atom. The Hall–Kier alpha value is -1.88. The molecule has 4 nitrogen and oxygen atoms in total. The highest BCUT2D eigenvalue weighted by atomic mass is 19.1. The molecular weight excluding hydrogens is 247 g/mol. The number of benzene rings is 1. The predicted molar refractivity (Wildman–Crippen MR) is 69.5 cm³/mol. The van der Waals surface area contributed by atoms with Gasteiger partial charge in [-0.15, -0.1) is 0 Å². The second-order valence-corrected chi connectivity index (χ2v) is 4.43. The van der Waals surface area contributed by atoms with Gasteiger partial charge in [-0.25, -0.2) is 9.37 Å². The Balaban J connectivity index is 2.62. The number of ether oxygens (including phenoxy) is 1. The average molecular weight is 264 g/mol. The number of imidazole rings is 1. The summed E-state index contributed by atoms with van der Waals surface area (Å²) < 4.78 is 21.0. The van der Waals surface area contributed by atoms with Crippen molar-refractivity contribution in [2.45, 2.75) is 26.0 Å². The highest BCUT2D eigenvalue weighted by Crippen LogP contribution is 2.36. The van der Waals surface area contributed by atoms with Gasteiger partial charge >= 0.3 is 0 Å². The van der Waals surface area contributed by atoms with E-state index in [-0.39, 0.29) is 5.56 Å². The van der Waals surface area contributed by atoms with Gasteiger partial charge < -0.3 is 14.4 Å². The minimum atomic E-state index is -1.56. The zero-order valence-corrected chi connectivity index (χ0v) is 11.2. The first kappa shape index (κ1) is 13.5. The largest absolute Gasteiger partial charge is 0.496 e. The third kappa shape index (κ3) is 2.21. The van der Waals surface area contributed by atoms with Crippen LogP contribution in [0.15, 0.2) is 30.6 Å². The van der Waals surface area contributed by atoms with Gasteiger partial charge in [-0.3, -0.25) is 0 Å². The van der Waals surface area contributed by atoms with Crippen molar-refractivity contribution in [1.82, 2.24) is 9.55 Å². The number of rotatable bonds is 4. The van der Waals surface area contributed by atoms with Crippen molar-refractivity contribution >= 4 is 0 Å². The lowest BCUT2D eigenvalue weighted by Gasteiger charge is -2.26. The molecule has 2 aromatic rings. The lowest BCUT2D eigenvalue weighted by molar-refractivity contribution is 0.0809. The molecule has 0 radical (unpaired) electrons. The molecule has 1 N–H and O–H groups in total. The zero-order valence-electron chi connectivity index (χ0n) is 11.2. The molecule has 5 heteroatoms. The van der Waals surface area contributed by atoms with Crippen LogP contribution >= 0.6 is 0 Å². The molecule has 0 saturated heterocycles. The molecule has 1 unspecified atom stereocenters. The maximum atomic E-state index is 14.1. The van der Waals surface area contributed by atoms with E-state index in [4.69, 9.17) is 4.74 Å². The second kappa shape index (κ2) is 5.01. The van der Waals surface area contributed by atoms with Gasteiger partial charge in [0.25, 0.3) is 0 Å². The highest BCUT2D eigenvalue weighted by molar-refractivity contribution is 5.42.